The van der Waals surface area contributed by atoms with Gasteiger partial charge in [0.25, 0.3) is 0 Å². The Labute approximate surface area is 163 Å². The van der Waals surface area contributed by atoms with E-state index in [2.05, 4.69) is 59.0 Å². The van der Waals surface area contributed by atoms with Crippen LogP contribution < -0.4 is 26.3 Å². The van der Waals surface area contributed by atoms with Crippen molar-refractivity contribution < 1.29 is 26.3 Å². The molecule has 0 N–H and O–H groups in total. The van der Waals surface area contributed by atoms with Crippen LogP contribution >= 0.6 is 0 Å². The summed E-state index contributed by atoms with van der Waals surface area (Å²) in [6.45, 7) is 4.01. The molecule has 0 amide bonds. The molecular weight excluding hydrogens is 376 g/mol. The smallest absolute Gasteiger partial charge is 0.243 e. The second kappa shape index (κ2) is 13.0. The van der Waals surface area contributed by atoms with Crippen LogP contribution in [-0.4, -0.2) is 11.2 Å². The Morgan fingerprint density at radius 3 is 2.16 bits per heavy atom. The van der Waals surface area contributed by atoms with E-state index < -0.39 is 0 Å². The van der Waals surface area contributed by atoms with Crippen molar-refractivity contribution in [2.45, 2.75) is 64.8 Å². The molecule has 0 aliphatic rings. The summed E-state index contributed by atoms with van der Waals surface area (Å²) in [6, 6.07) is 8.49. The molecule has 1 heterocycles. The quantitative estimate of drug-likeness (QED) is 0.387. The summed E-state index contributed by atoms with van der Waals surface area (Å²) in [7, 11) is 2.04. The first-order valence-corrected chi connectivity index (χ1v) is 9.50. The first-order chi connectivity index (χ1) is 11.8. The van der Waals surface area contributed by atoms with Crippen LogP contribution in [0.25, 0.3) is 0 Å². The van der Waals surface area contributed by atoms with Crippen LogP contribution in [0.3, 0.4) is 0 Å². The van der Waals surface area contributed by atoms with Crippen molar-refractivity contribution in [1.29, 1.82) is 0 Å². The van der Waals surface area contributed by atoms with Crippen LogP contribution in [0.2, 0.25) is 0 Å². The lowest BCUT2D eigenvalue weighted by molar-refractivity contribution is -0.671. The molecule has 0 aliphatic heterocycles. The minimum atomic E-state index is 0. The molecule has 1 aromatic heterocycles. The third-order valence-corrected chi connectivity index (χ3v) is 4.38. The van der Waals surface area contributed by atoms with Crippen molar-refractivity contribution >= 4 is 0 Å². The molecule has 140 valence electrons. The highest BCUT2D eigenvalue weighted by Crippen LogP contribution is 2.14. The van der Waals surface area contributed by atoms with E-state index in [1.165, 1.54) is 50.5 Å². The highest BCUT2D eigenvalue weighted by Gasteiger charge is 2.02. The van der Waals surface area contributed by atoms with Crippen molar-refractivity contribution in [1.82, 2.24) is 4.57 Å². The highest BCUT2D eigenvalue weighted by molar-refractivity contribution is 5.27. The van der Waals surface area contributed by atoms with Gasteiger partial charge in [-0.2, -0.15) is 0 Å². The molecule has 25 heavy (non-hydrogen) atoms. The second-order valence-corrected chi connectivity index (χ2v) is 6.72. The first-order valence-electron chi connectivity index (χ1n) is 9.50. The van der Waals surface area contributed by atoms with Crippen molar-refractivity contribution in [2.24, 2.45) is 7.05 Å². The van der Waals surface area contributed by atoms with Crippen molar-refractivity contribution in [3.63, 3.8) is 0 Å². The number of benzene rings is 1. The Hall–Kier alpha value is -1.29. The Balaban J connectivity index is 0.00000312. The summed E-state index contributed by atoms with van der Waals surface area (Å²) >= 11 is 0. The highest BCUT2D eigenvalue weighted by atomic mass is 79.9. The Kier molecular flexibility index (Phi) is 11.3. The molecule has 0 unspecified atom stereocenters. The predicted octanol–water partition coefficient (Wildman–Crippen LogP) is 1.88. The van der Waals surface area contributed by atoms with Gasteiger partial charge in [-0.25, -0.2) is 9.13 Å². The van der Waals surface area contributed by atoms with Gasteiger partial charge in [-0.05, 0) is 24.1 Å². The summed E-state index contributed by atoms with van der Waals surface area (Å²) in [5, 5.41) is 0. The lowest BCUT2D eigenvalue weighted by atomic mass is 10.1. The number of hydrogen-bond donors (Lipinski definition) is 0. The summed E-state index contributed by atoms with van der Waals surface area (Å²) in [5.74, 6) is 0.986. The van der Waals surface area contributed by atoms with E-state index in [-0.39, 0.29) is 17.0 Å². The van der Waals surface area contributed by atoms with Gasteiger partial charge in [0.1, 0.15) is 24.7 Å². The van der Waals surface area contributed by atoms with E-state index >= 15 is 0 Å². The zero-order chi connectivity index (χ0) is 17.0. The molecule has 0 atom stereocenters. The number of ether oxygens (including phenoxy) is 1. The van der Waals surface area contributed by atoms with Gasteiger partial charge in [0.15, 0.2) is 0 Å². The standard InChI is InChI=1S/C21H33N2O.BrH/c1-3-4-5-6-7-8-9-10-17-24-21-13-11-20(12-14-21)18-23-16-15-22(2)19-23;/h11-16,19H,3-10,17-18H2,1-2H3;1H/q+1;/p-1. The van der Waals surface area contributed by atoms with Crippen LogP contribution in [0.1, 0.15) is 63.9 Å². The molecule has 0 aliphatic carbocycles. The number of hydrogen-bond acceptors (Lipinski definition) is 1. The molecule has 4 heteroatoms. The average Bonchev–Trinajstić information content (AvgIpc) is 3.00. The summed E-state index contributed by atoms with van der Waals surface area (Å²) < 4.78 is 10.1. The molecule has 0 bridgehead atoms. The molecule has 0 saturated heterocycles. The Morgan fingerprint density at radius 2 is 1.56 bits per heavy atom. The van der Waals surface area contributed by atoms with Crippen LogP contribution in [-0.2, 0) is 13.6 Å². The zero-order valence-electron chi connectivity index (χ0n) is 15.8. The maximum absolute atomic E-state index is 5.85. The number of halogens is 1. The summed E-state index contributed by atoms with van der Waals surface area (Å²) in [4.78, 5) is 0. The minimum Gasteiger partial charge on any atom is -1.00 e. The van der Waals surface area contributed by atoms with Gasteiger partial charge in [0.05, 0.1) is 13.7 Å². The fourth-order valence-electron chi connectivity index (χ4n) is 2.92. The number of rotatable bonds is 12. The van der Waals surface area contributed by atoms with Gasteiger partial charge >= 0.3 is 0 Å². The monoisotopic (exact) mass is 408 g/mol. The fourth-order valence-corrected chi connectivity index (χ4v) is 2.92. The molecule has 2 aromatic rings. The van der Waals surface area contributed by atoms with Gasteiger partial charge in [-0.1, -0.05) is 64.0 Å². The van der Waals surface area contributed by atoms with E-state index in [0.29, 0.717) is 0 Å². The van der Waals surface area contributed by atoms with E-state index in [1.54, 1.807) is 0 Å². The number of unbranched alkanes of at least 4 members (excludes halogenated alkanes) is 7. The first kappa shape index (κ1) is 21.8. The van der Waals surface area contributed by atoms with Gasteiger partial charge in [-0.3, -0.25) is 0 Å². The predicted molar refractivity (Wildman–Crippen MR) is 99.3 cm³/mol. The van der Waals surface area contributed by atoms with Crippen molar-refractivity contribution in [2.75, 3.05) is 6.61 Å². The van der Waals surface area contributed by atoms with E-state index in [1.807, 2.05) is 7.05 Å². The molecule has 2 rings (SSSR count). The SMILES string of the molecule is CCCCCCCCCCOc1ccc(Cn2cc[n+](C)c2)cc1.[Br-]. The number of aryl methyl sites for hydroxylation is 1. The molecule has 0 fully saturated rings. The maximum Gasteiger partial charge on any atom is 0.243 e. The molecular formula is C21H33BrN2O. The van der Waals surface area contributed by atoms with E-state index in [4.69, 9.17) is 4.74 Å². The molecule has 0 radical (unpaired) electrons. The summed E-state index contributed by atoms with van der Waals surface area (Å²) in [5.41, 5.74) is 1.30. The third kappa shape index (κ3) is 9.10. The summed E-state index contributed by atoms with van der Waals surface area (Å²) in [6.07, 6.45) is 16.9. The topological polar surface area (TPSA) is 18.0 Å². The molecule has 3 nitrogen and oxygen atoms in total. The van der Waals surface area contributed by atoms with Crippen LogP contribution in [0.15, 0.2) is 43.0 Å². The van der Waals surface area contributed by atoms with Crippen molar-refractivity contribution in [3.8, 4) is 5.75 Å². The Morgan fingerprint density at radius 1 is 0.920 bits per heavy atom. The lowest BCUT2D eigenvalue weighted by Crippen LogP contribution is -3.00. The average molecular weight is 409 g/mol. The minimum absolute atomic E-state index is 0. The van der Waals surface area contributed by atoms with Gasteiger partial charge in [0.2, 0.25) is 6.33 Å². The van der Waals surface area contributed by atoms with E-state index in [0.717, 1.165) is 25.3 Å². The second-order valence-electron chi connectivity index (χ2n) is 6.72. The Bertz CT molecular complexity index is 566. The van der Waals surface area contributed by atoms with Crippen LogP contribution in [0.5, 0.6) is 5.75 Å². The van der Waals surface area contributed by atoms with Crippen LogP contribution in [0, 0.1) is 0 Å². The van der Waals surface area contributed by atoms with Crippen molar-refractivity contribution in [3.05, 3.63) is 48.5 Å². The van der Waals surface area contributed by atoms with E-state index in [9.17, 15) is 0 Å². The molecule has 0 spiro atoms. The lowest BCUT2D eigenvalue weighted by Gasteiger charge is -2.07. The van der Waals surface area contributed by atoms with Gasteiger partial charge < -0.3 is 21.7 Å². The molecule has 1 aromatic carbocycles. The number of nitrogens with zero attached hydrogens (tertiary/aromatic N) is 2. The number of imidazole rings is 1. The van der Waals surface area contributed by atoms with Gasteiger partial charge in [0, 0.05) is 0 Å². The third-order valence-electron chi connectivity index (χ3n) is 4.38. The maximum atomic E-state index is 5.85. The number of aromatic nitrogens is 2. The van der Waals surface area contributed by atoms with Crippen LogP contribution in [0.4, 0.5) is 0 Å². The van der Waals surface area contributed by atoms with Gasteiger partial charge in [-0.15, -0.1) is 0 Å². The zero-order valence-corrected chi connectivity index (χ0v) is 17.4. The largest absolute Gasteiger partial charge is 1.00 e. The normalized spacial score (nSPS) is 10.5. The molecule has 0 saturated carbocycles. The fraction of sp³-hybridized carbons (Fsp3) is 0.571.